The van der Waals surface area contributed by atoms with Crippen molar-refractivity contribution >= 4 is 87.0 Å². The highest BCUT2D eigenvalue weighted by atomic mass is 16.3. The molecule has 12 rings (SSSR count). The van der Waals surface area contributed by atoms with E-state index in [0.717, 1.165) is 55.0 Å². The summed E-state index contributed by atoms with van der Waals surface area (Å²) in [6.07, 6.45) is 0. The van der Waals surface area contributed by atoms with Gasteiger partial charge in [0.05, 0.1) is 0 Å². The molecule has 2 heteroatoms. The molecule has 0 aliphatic carbocycles. The molecule has 0 fully saturated rings. The lowest BCUT2D eigenvalue weighted by molar-refractivity contribution is 0.663. The van der Waals surface area contributed by atoms with Gasteiger partial charge in [-0.2, -0.15) is 0 Å². The molecule has 54 heavy (non-hydrogen) atoms. The molecule has 250 valence electrons. The normalized spacial score (nSPS) is 12.1. The Kier molecular flexibility index (Phi) is 6.09. The third-order valence-corrected chi connectivity index (χ3v) is 11.4. The number of rotatable bonds is 3. The molecule has 0 spiro atoms. The highest BCUT2D eigenvalue weighted by Crippen LogP contribution is 2.46. The molecule has 2 nitrogen and oxygen atoms in total. The summed E-state index contributed by atoms with van der Waals surface area (Å²) in [6.45, 7) is 0. The van der Waals surface area contributed by atoms with Gasteiger partial charge in [-0.3, -0.25) is 0 Å². The smallest absolute Gasteiger partial charge is 0.136 e. The lowest BCUT2D eigenvalue weighted by Gasteiger charge is -2.19. The molecule has 0 aliphatic heterocycles. The molecule has 0 atom stereocenters. The van der Waals surface area contributed by atoms with Gasteiger partial charge in [0.2, 0.25) is 0 Å². The molecule has 0 saturated carbocycles. The van der Waals surface area contributed by atoms with Crippen LogP contribution in [0.3, 0.4) is 0 Å². The van der Waals surface area contributed by atoms with E-state index in [1.807, 2.05) is 12.1 Å². The quantitative estimate of drug-likeness (QED) is 0.173. The van der Waals surface area contributed by atoms with E-state index in [0.29, 0.717) is 0 Å². The monoisotopic (exact) mass is 686 g/mol. The second kappa shape index (κ2) is 11.2. The van der Waals surface area contributed by atoms with Crippen molar-refractivity contribution < 1.29 is 8.83 Å². The highest BCUT2D eigenvalue weighted by Gasteiger charge is 2.20. The molecule has 0 aliphatic rings. The first-order valence-electron chi connectivity index (χ1n) is 18.5. The number of furan rings is 2. The van der Waals surface area contributed by atoms with E-state index in [-0.39, 0.29) is 0 Å². The minimum atomic E-state index is 0.867. The molecule has 0 unspecified atom stereocenters. The fraction of sp³-hybridized carbons (Fsp3) is 0. The van der Waals surface area contributed by atoms with Crippen LogP contribution in [0.1, 0.15) is 0 Å². The molecule has 0 N–H and O–H groups in total. The van der Waals surface area contributed by atoms with Crippen molar-refractivity contribution in [3.8, 4) is 33.4 Å². The van der Waals surface area contributed by atoms with Crippen molar-refractivity contribution in [3.05, 3.63) is 182 Å². The van der Waals surface area contributed by atoms with E-state index in [2.05, 4.69) is 170 Å². The van der Waals surface area contributed by atoms with Crippen LogP contribution in [0.25, 0.3) is 120 Å². The lowest BCUT2D eigenvalue weighted by atomic mass is 9.84. The van der Waals surface area contributed by atoms with Gasteiger partial charge in [0.15, 0.2) is 0 Å². The average Bonchev–Trinajstić information content (AvgIpc) is 3.79. The van der Waals surface area contributed by atoms with E-state index < -0.39 is 0 Å². The predicted molar refractivity (Wildman–Crippen MR) is 227 cm³/mol. The second-order valence-electron chi connectivity index (χ2n) is 14.4. The fourth-order valence-corrected chi connectivity index (χ4v) is 9.00. The van der Waals surface area contributed by atoms with Crippen molar-refractivity contribution in [1.82, 2.24) is 0 Å². The summed E-state index contributed by atoms with van der Waals surface area (Å²) in [5.74, 6) is 0. The van der Waals surface area contributed by atoms with E-state index in [9.17, 15) is 0 Å². The van der Waals surface area contributed by atoms with Gasteiger partial charge in [0.25, 0.3) is 0 Å². The first-order valence-corrected chi connectivity index (χ1v) is 18.5. The summed E-state index contributed by atoms with van der Waals surface area (Å²) >= 11 is 0. The Morgan fingerprint density at radius 3 is 1.43 bits per heavy atom. The zero-order valence-corrected chi connectivity index (χ0v) is 29.1. The van der Waals surface area contributed by atoms with Crippen LogP contribution >= 0.6 is 0 Å². The zero-order chi connectivity index (χ0) is 35.3. The zero-order valence-electron chi connectivity index (χ0n) is 29.1. The van der Waals surface area contributed by atoms with Crippen LogP contribution in [0.5, 0.6) is 0 Å². The Balaban J connectivity index is 1.03. The Morgan fingerprint density at radius 1 is 0.259 bits per heavy atom. The molecule has 2 aromatic heterocycles. The topological polar surface area (TPSA) is 26.3 Å². The van der Waals surface area contributed by atoms with Crippen LogP contribution < -0.4 is 0 Å². The lowest BCUT2D eigenvalue weighted by Crippen LogP contribution is -1.91. The Labute approximate surface area is 310 Å². The van der Waals surface area contributed by atoms with Gasteiger partial charge >= 0.3 is 0 Å². The highest BCUT2D eigenvalue weighted by molar-refractivity contribution is 6.27. The number of hydrogen-bond acceptors (Lipinski definition) is 2. The van der Waals surface area contributed by atoms with Gasteiger partial charge in [-0.1, -0.05) is 146 Å². The van der Waals surface area contributed by atoms with Crippen LogP contribution in [0, 0.1) is 0 Å². The van der Waals surface area contributed by atoms with Crippen molar-refractivity contribution in [2.24, 2.45) is 0 Å². The van der Waals surface area contributed by atoms with E-state index in [4.69, 9.17) is 8.83 Å². The van der Waals surface area contributed by atoms with Crippen LogP contribution in [0.15, 0.2) is 191 Å². The van der Waals surface area contributed by atoms with Gasteiger partial charge in [-0.15, -0.1) is 0 Å². The number of fused-ring (bicyclic) bond motifs is 11. The van der Waals surface area contributed by atoms with Gasteiger partial charge in [0.1, 0.15) is 22.3 Å². The van der Waals surface area contributed by atoms with Gasteiger partial charge in [-0.25, -0.2) is 0 Å². The summed E-state index contributed by atoms with van der Waals surface area (Å²) in [5.41, 5.74) is 10.8. The van der Waals surface area contributed by atoms with Crippen LogP contribution in [0.2, 0.25) is 0 Å². The first-order chi connectivity index (χ1) is 26.8. The van der Waals surface area contributed by atoms with Crippen LogP contribution in [-0.2, 0) is 0 Å². The minimum absolute atomic E-state index is 0.867. The molecule has 0 amide bonds. The standard InChI is InChI=1S/C52H30O2/c1-2-12-35-30-48-44(28-34(35)11-1)52-47(54-48)27-26-46-51(52)43-29-36(24-25-45(43)53-46)31-20-22-33(23-21-31)49-39-15-5-7-17-41(39)50(42-18-8-6-16-40(42)49)38-19-9-13-32-10-3-4-14-37(32)38/h1-30H. The van der Waals surface area contributed by atoms with Crippen molar-refractivity contribution in [1.29, 1.82) is 0 Å². The van der Waals surface area contributed by atoms with Crippen molar-refractivity contribution in [2.45, 2.75) is 0 Å². The maximum absolute atomic E-state index is 6.44. The Morgan fingerprint density at radius 2 is 0.741 bits per heavy atom. The molecule has 2 heterocycles. The maximum atomic E-state index is 6.44. The molecule has 0 radical (unpaired) electrons. The van der Waals surface area contributed by atoms with E-state index in [1.165, 1.54) is 65.3 Å². The summed E-state index contributed by atoms with van der Waals surface area (Å²) in [6, 6.07) is 65.7. The minimum Gasteiger partial charge on any atom is -0.456 e. The maximum Gasteiger partial charge on any atom is 0.136 e. The molecule has 0 saturated heterocycles. The summed E-state index contributed by atoms with van der Waals surface area (Å²) in [7, 11) is 0. The molecular weight excluding hydrogens is 657 g/mol. The predicted octanol–water partition coefficient (Wildman–Crippen LogP) is 15.1. The molecule has 0 bridgehead atoms. The van der Waals surface area contributed by atoms with Gasteiger partial charge < -0.3 is 8.83 Å². The number of hydrogen-bond donors (Lipinski definition) is 0. The number of benzene rings is 10. The van der Waals surface area contributed by atoms with Crippen LogP contribution in [-0.4, -0.2) is 0 Å². The van der Waals surface area contributed by atoms with E-state index in [1.54, 1.807) is 0 Å². The van der Waals surface area contributed by atoms with Gasteiger partial charge in [-0.05, 0) is 113 Å². The average molecular weight is 687 g/mol. The molecular formula is C52H30O2. The first kappa shape index (κ1) is 29.4. The van der Waals surface area contributed by atoms with E-state index >= 15 is 0 Å². The van der Waals surface area contributed by atoms with Crippen molar-refractivity contribution in [3.63, 3.8) is 0 Å². The SMILES string of the molecule is c1ccc2cc3c(cc2c1)oc1ccc2oc4ccc(-c5ccc(-c6c7ccccc7c(-c7cccc8ccccc78)c7ccccc67)cc5)cc4c2c13. The molecule has 10 aromatic carbocycles. The Bertz CT molecular complexity index is 3430. The third-order valence-electron chi connectivity index (χ3n) is 11.4. The summed E-state index contributed by atoms with van der Waals surface area (Å²) in [4.78, 5) is 0. The second-order valence-corrected chi connectivity index (χ2v) is 14.4. The fourth-order valence-electron chi connectivity index (χ4n) is 9.00. The summed E-state index contributed by atoms with van der Waals surface area (Å²) < 4.78 is 12.9. The van der Waals surface area contributed by atoms with Gasteiger partial charge in [0, 0.05) is 21.5 Å². The Hall–Kier alpha value is -7.16. The van der Waals surface area contributed by atoms with Crippen molar-refractivity contribution in [2.75, 3.05) is 0 Å². The largest absolute Gasteiger partial charge is 0.456 e. The third kappa shape index (κ3) is 4.22. The summed E-state index contributed by atoms with van der Waals surface area (Å²) in [5, 5.41) is 14.3. The molecule has 12 aromatic rings. The van der Waals surface area contributed by atoms with Crippen LogP contribution in [0.4, 0.5) is 0 Å².